The Balaban J connectivity index is 0.000000157. The number of H-pyrrole nitrogens is 2. The van der Waals surface area contributed by atoms with E-state index < -0.39 is 59.0 Å². The first-order valence-electron chi connectivity index (χ1n) is 33.5. The minimum absolute atomic E-state index is 0.106. The molecule has 2 aliphatic rings. The summed E-state index contributed by atoms with van der Waals surface area (Å²) < 4.78 is 2.44. The van der Waals surface area contributed by atoms with Crippen molar-refractivity contribution in [2.24, 2.45) is 11.7 Å². The van der Waals surface area contributed by atoms with Gasteiger partial charge in [-0.05, 0) is 83.8 Å². The summed E-state index contributed by atoms with van der Waals surface area (Å²) in [7, 11) is 0. The van der Waals surface area contributed by atoms with E-state index in [1.54, 1.807) is 0 Å². The van der Waals surface area contributed by atoms with E-state index in [9.17, 15) is 52.7 Å². The zero-order valence-electron chi connectivity index (χ0n) is 57.9. The van der Waals surface area contributed by atoms with Crippen LogP contribution in [0.2, 0.25) is 5.15 Å². The summed E-state index contributed by atoms with van der Waals surface area (Å²) >= 11 is 6.12. The average Bonchev–Trinajstić information content (AvgIpc) is 0.809. The highest BCUT2D eigenvalue weighted by molar-refractivity contribution is 6.30. The summed E-state index contributed by atoms with van der Waals surface area (Å²) in [6.45, 7) is 7.29. The van der Waals surface area contributed by atoms with Crippen LogP contribution in [0.15, 0.2) is 274 Å². The van der Waals surface area contributed by atoms with Crippen LogP contribution in [0, 0.1) is 26.7 Å². The number of halogens is 1. The molecule has 1 unspecified atom stereocenters. The van der Waals surface area contributed by atoms with Crippen molar-refractivity contribution in [2.45, 2.75) is 79.2 Å². The predicted molar refractivity (Wildman–Crippen MR) is 403 cm³/mol. The molecule has 0 spiro atoms. The number of benzene rings is 9. The van der Waals surface area contributed by atoms with Crippen LogP contribution in [0.3, 0.4) is 0 Å². The fourth-order valence-corrected chi connectivity index (χ4v) is 11.2. The summed E-state index contributed by atoms with van der Waals surface area (Å²) in [5.41, 5.74) is 15.8. The Kier molecular flexibility index (Phi) is 27.2. The van der Waals surface area contributed by atoms with Crippen molar-refractivity contribution in [1.29, 1.82) is 0 Å². The smallest absolute Gasteiger partial charge is 0.331 e. The third kappa shape index (κ3) is 22.7. The topological polar surface area (TPSA) is 310 Å². The number of carbonyl (C=O) groups excluding carboxylic acids is 7. The molecule has 2 aliphatic heterocycles. The molecule has 23 heteroatoms. The second-order valence-electron chi connectivity index (χ2n) is 24.7. The number of nitrogens with zero attached hydrogens (tertiary/aromatic N) is 4. The van der Waals surface area contributed by atoms with Gasteiger partial charge in [-0.15, -0.1) is 0 Å². The highest BCUT2D eigenvalue weighted by Gasteiger charge is 2.40. The van der Waals surface area contributed by atoms with Crippen molar-refractivity contribution in [2.75, 3.05) is 5.32 Å². The molecule has 8 N–H and O–H groups in total. The monoisotopic (exact) mass is 1430 g/mol. The van der Waals surface area contributed by atoms with Crippen LogP contribution in [-0.2, 0) is 71.2 Å². The predicted octanol–water partition coefficient (Wildman–Crippen LogP) is 11.3. The maximum Gasteiger partial charge on any atom is 0.331 e. The van der Waals surface area contributed by atoms with Gasteiger partial charge in [-0.25, -0.2) is 24.0 Å². The molecule has 13 rings (SSSR count). The van der Waals surface area contributed by atoms with Crippen molar-refractivity contribution >= 4 is 64.8 Å². The third-order valence-corrected chi connectivity index (χ3v) is 16.9. The minimum Gasteiger partial charge on any atom is -0.352 e. The van der Waals surface area contributed by atoms with Gasteiger partial charge in [0.15, 0.2) is 0 Å². The van der Waals surface area contributed by atoms with Crippen molar-refractivity contribution in [3.63, 3.8) is 0 Å². The minimum atomic E-state index is -0.880. The Morgan fingerprint density at radius 1 is 0.438 bits per heavy atom. The lowest BCUT2D eigenvalue weighted by Gasteiger charge is -2.30. The van der Waals surface area contributed by atoms with Gasteiger partial charge in [-0.2, -0.15) is 0 Å². The zero-order valence-corrected chi connectivity index (χ0v) is 58.7. The fraction of sp³-hybridized carbons (Fsp3) is 0.159. The lowest BCUT2D eigenvalue weighted by atomic mass is 9.95. The molecule has 0 radical (unpaired) electrons. The standard InChI is InChI=1S/C25H23N3O2.C19H17ClN2O2.C19H18N2O3.C11H10N2O3.C8H10N2O/c1-18-12-14-19(15-13-18)16-22-23(26-21-10-6-3-7-11-21)27-25(30)28(24(22)29)17-20-8-4-2-5-9-20;1-13-7-9-14(10-8-13)11-16-17(20)21-19(24)22(18(16)23)12-15-5-3-2-4-6-15;1-13-7-9-14(10-8-13)11-16-17(22)20-19(24)21(18(16)23)12-15-5-3-2-4-6-15;14-9-6-10(15)13(11(16)12-9)7-8-4-2-1-3-5-8;9-8(11)10-6-7-4-2-1-3-5-7/h2-15,26H,16-17H2,1H3,(H,27,30);2-10H,11-12H2,1H3,(H,21,24);2-10,16H,11-12H2,1H3,(H,20,22,24);1-5H,6-7H2,(H,12,14,16);1-5H,6H2,(H3,9,10,11). The second kappa shape index (κ2) is 37.6. The van der Waals surface area contributed by atoms with Crippen molar-refractivity contribution in [3.05, 3.63) is 374 Å². The molecule has 0 saturated carbocycles. The van der Waals surface area contributed by atoms with E-state index in [2.05, 4.69) is 31.2 Å². The van der Waals surface area contributed by atoms with Crippen LogP contribution in [0.4, 0.5) is 25.9 Å². The molecule has 0 bridgehead atoms. The van der Waals surface area contributed by atoms with Gasteiger partial charge in [-0.3, -0.25) is 68.3 Å². The summed E-state index contributed by atoms with van der Waals surface area (Å²) in [4.78, 5) is 139. The van der Waals surface area contributed by atoms with E-state index in [1.807, 2.05) is 276 Å². The van der Waals surface area contributed by atoms with Crippen LogP contribution in [0.1, 0.15) is 78.7 Å². The number of carbonyl (C=O) groups is 7. The van der Waals surface area contributed by atoms with Crippen molar-refractivity contribution < 1.29 is 33.6 Å². The maximum atomic E-state index is 13.4. The van der Waals surface area contributed by atoms with Crippen LogP contribution in [0.25, 0.3) is 0 Å². The van der Waals surface area contributed by atoms with Crippen molar-refractivity contribution in [3.8, 4) is 0 Å². The highest BCUT2D eigenvalue weighted by atomic mass is 35.5. The Bertz CT molecular complexity index is 5030. The first kappa shape index (κ1) is 76.1. The molecule has 9 aromatic carbocycles. The zero-order chi connectivity index (χ0) is 74.8. The summed E-state index contributed by atoms with van der Waals surface area (Å²) in [5, 5.41) is 10.2. The Labute approximate surface area is 610 Å². The molecule has 0 aliphatic carbocycles. The van der Waals surface area contributed by atoms with Crippen LogP contribution in [-0.4, -0.2) is 70.6 Å². The number of aryl methyl sites for hydroxylation is 3. The SMILES string of the molecule is Cc1ccc(CC2C(=O)NC(=O)N(Cc3ccccc3)C2=O)cc1.Cc1ccc(Cc2c(Cl)[nH]c(=O)n(Cc3ccccc3)c2=O)cc1.Cc1ccc(Cc2c(Nc3ccccc3)[nH]c(=O)n(Cc3ccccc3)c2=O)cc1.NC(=O)NCc1ccccc1.O=C1CC(=O)N(Cc2ccccc2)C(=O)N1. The van der Waals surface area contributed by atoms with Gasteiger partial charge in [0, 0.05) is 25.1 Å². The number of amides is 10. The number of para-hydroxylation sites is 1. The first-order chi connectivity index (χ1) is 50.6. The Hall–Kier alpha value is -13.1. The largest absolute Gasteiger partial charge is 0.352 e. The number of hydrogen-bond acceptors (Lipinski definition) is 12. The number of nitrogens with two attached hydrogens (primary N) is 1. The molecule has 1 atom stereocenters. The molecule has 11 aromatic rings. The Morgan fingerprint density at radius 3 is 1.27 bits per heavy atom. The van der Waals surface area contributed by atoms with Gasteiger partial charge >= 0.3 is 29.5 Å². The summed E-state index contributed by atoms with van der Waals surface area (Å²) in [5.74, 6) is -2.44. The van der Waals surface area contributed by atoms with Crippen LogP contribution in [0.5, 0.6) is 0 Å². The summed E-state index contributed by atoms with van der Waals surface area (Å²) in [6.07, 6.45) is 0.811. The normalized spacial score (nSPS) is 13.0. The molecule has 2 aromatic heterocycles. The number of nitrogens with one attached hydrogen (secondary N) is 6. The van der Waals surface area contributed by atoms with Gasteiger partial charge in [-0.1, -0.05) is 271 Å². The second-order valence-corrected chi connectivity index (χ2v) is 25.1. The van der Waals surface area contributed by atoms with E-state index in [1.165, 1.54) is 9.13 Å². The van der Waals surface area contributed by atoms with E-state index >= 15 is 0 Å². The van der Waals surface area contributed by atoms with Gasteiger partial charge < -0.3 is 16.4 Å². The number of urea groups is 3. The van der Waals surface area contributed by atoms with Gasteiger partial charge in [0.1, 0.15) is 23.3 Å². The number of barbiturate groups is 2. The molecule has 105 heavy (non-hydrogen) atoms. The van der Waals surface area contributed by atoms with E-state index in [0.29, 0.717) is 36.3 Å². The van der Waals surface area contributed by atoms with Crippen LogP contribution >= 0.6 is 11.6 Å². The average molecular weight is 1430 g/mol. The molecular formula is C82H78ClN11O11. The first-order valence-corrected chi connectivity index (χ1v) is 33.9. The van der Waals surface area contributed by atoms with Crippen molar-refractivity contribution in [1.82, 2.24) is 44.9 Å². The number of rotatable bonds is 18. The molecule has 10 amide bonds. The number of aromatic nitrogens is 4. The fourth-order valence-electron chi connectivity index (χ4n) is 10.9. The van der Waals surface area contributed by atoms with Gasteiger partial charge in [0.2, 0.25) is 23.6 Å². The number of imide groups is 4. The number of hydrogen-bond donors (Lipinski definition) is 7. The third-order valence-electron chi connectivity index (χ3n) is 16.6. The Morgan fingerprint density at radius 2 is 0.819 bits per heavy atom. The van der Waals surface area contributed by atoms with E-state index in [0.717, 1.165) is 76.7 Å². The number of aromatic amines is 2. The molecule has 534 valence electrons. The van der Waals surface area contributed by atoms with Crippen LogP contribution < -0.4 is 49.5 Å². The molecule has 2 fully saturated rings. The maximum absolute atomic E-state index is 13.4. The quantitative estimate of drug-likeness (QED) is 0.0312. The molecule has 4 heterocycles. The van der Waals surface area contributed by atoms with Gasteiger partial charge in [0.05, 0.1) is 37.3 Å². The molecule has 2 saturated heterocycles. The number of anilines is 2. The molecular weight excluding hydrogens is 1350 g/mol. The lowest BCUT2D eigenvalue weighted by Crippen LogP contribution is -2.57. The molecule has 22 nitrogen and oxygen atoms in total. The van der Waals surface area contributed by atoms with E-state index in [4.69, 9.17) is 17.3 Å². The summed E-state index contributed by atoms with van der Waals surface area (Å²) in [6, 6.07) is 78.2. The van der Waals surface area contributed by atoms with E-state index in [-0.39, 0.29) is 55.3 Å². The lowest BCUT2D eigenvalue weighted by molar-refractivity contribution is -0.143. The number of primary amides is 1. The highest BCUT2D eigenvalue weighted by Crippen LogP contribution is 2.22. The van der Waals surface area contributed by atoms with Gasteiger partial charge in [0.25, 0.3) is 11.1 Å².